The number of alkyl halides is 4. The van der Waals surface area contributed by atoms with Crippen LogP contribution in [0.4, 0.5) is 17.6 Å². The van der Waals surface area contributed by atoms with E-state index in [1.807, 2.05) is 91.0 Å². The SMILES string of the molecule is FC1(F)Oc2c(C[P+](c3ccccc3)(c3ccccc3)c3ccccc3)cccc2C1(F)F.[Br-]. The van der Waals surface area contributed by atoms with E-state index in [1.165, 1.54) is 6.07 Å². The van der Waals surface area contributed by atoms with Gasteiger partial charge in [-0.25, -0.2) is 0 Å². The molecule has 1 aliphatic rings. The van der Waals surface area contributed by atoms with E-state index in [9.17, 15) is 17.6 Å². The first kappa shape index (κ1) is 24.4. The van der Waals surface area contributed by atoms with Crippen LogP contribution in [-0.2, 0) is 12.1 Å². The number of ether oxygens (including phenoxy) is 1. The van der Waals surface area contributed by atoms with Crippen LogP contribution in [0.1, 0.15) is 11.1 Å². The van der Waals surface area contributed by atoms with Crippen LogP contribution in [0.2, 0.25) is 0 Å². The molecular formula is C27H20BrF4OP. The summed E-state index contributed by atoms with van der Waals surface area (Å²) in [7, 11) is -2.46. The molecule has 1 heterocycles. The second kappa shape index (κ2) is 9.16. The van der Waals surface area contributed by atoms with Gasteiger partial charge in [0.05, 0.1) is 5.56 Å². The van der Waals surface area contributed by atoms with Gasteiger partial charge in [0, 0.05) is 5.56 Å². The Bertz CT molecular complexity index is 1170. The molecule has 1 nitrogen and oxygen atoms in total. The molecule has 0 saturated heterocycles. The van der Waals surface area contributed by atoms with Crippen LogP contribution in [0.5, 0.6) is 5.75 Å². The summed E-state index contributed by atoms with van der Waals surface area (Å²) in [6, 6.07) is 33.5. The number of benzene rings is 4. The minimum atomic E-state index is -4.58. The van der Waals surface area contributed by atoms with Gasteiger partial charge in [-0.3, -0.25) is 0 Å². The first-order valence-electron chi connectivity index (χ1n) is 10.5. The van der Waals surface area contributed by atoms with Crippen molar-refractivity contribution in [2.45, 2.75) is 18.2 Å². The van der Waals surface area contributed by atoms with Crippen molar-refractivity contribution < 1.29 is 39.3 Å². The highest BCUT2D eigenvalue weighted by Crippen LogP contribution is 2.61. The third kappa shape index (κ3) is 3.83. The predicted octanol–water partition coefficient (Wildman–Crippen LogP) is 3.26. The largest absolute Gasteiger partial charge is 1.00 e. The molecule has 0 bridgehead atoms. The number of hydrogen-bond acceptors (Lipinski definition) is 1. The van der Waals surface area contributed by atoms with E-state index in [2.05, 4.69) is 4.74 Å². The van der Waals surface area contributed by atoms with Gasteiger partial charge in [-0.05, 0) is 42.5 Å². The van der Waals surface area contributed by atoms with Crippen molar-refractivity contribution in [3.05, 3.63) is 120 Å². The Morgan fingerprint density at radius 3 is 1.47 bits per heavy atom. The van der Waals surface area contributed by atoms with E-state index >= 15 is 0 Å². The number of halogens is 5. The molecule has 174 valence electrons. The molecule has 0 unspecified atom stereocenters. The van der Waals surface area contributed by atoms with E-state index in [1.54, 1.807) is 6.07 Å². The molecule has 0 aromatic heterocycles. The minimum absolute atomic E-state index is 0. The maximum atomic E-state index is 14.4. The lowest BCUT2D eigenvalue weighted by molar-refractivity contribution is -0.296. The van der Waals surface area contributed by atoms with E-state index in [0.29, 0.717) is 5.56 Å². The topological polar surface area (TPSA) is 9.23 Å². The lowest BCUT2D eigenvalue weighted by Gasteiger charge is -2.28. The molecule has 34 heavy (non-hydrogen) atoms. The summed E-state index contributed by atoms with van der Waals surface area (Å²) in [5.41, 5.74) is -0.425. The molecule has 5 rings (SSSR count). The van der Waals surface area contributed by atoms with Crippen molar-refractivity contribution in [1.29, 1.82) is 0 Å². The average Bonchev–Trinajstić information content (AvgIpc) is 3.03. The first-order chi connectivity index (χ1) is 15.9. The van der Waals surface area contributed by atoms with E-state index in [-0.39, 0.29) is 23.1 Å². The van der Waals surface area contributed by atoms with E-state index < -0.39 is 30.6 Å². The zero-order valence-electron chi connectivity index (χ0n) is 17.8. The maximum absolute atomic E-state index is 14.4. The molecule has 0 radical (unpaired) electrons. The van der Waals surface area contributed by atoms with Crippen molar-refractivity contribution >= 4 is 23.2 Å². The van der Waals surface area contributed by atoms with E-state index in [0.717, 1.165) is 22.0 Å². The summed E-state index contributed by atoms with van der Waals surface area (Å²) in [6.45, 7) is 0. The number of rotatable bonds is 5. The molecule has 0 fully saturated rings. The summed E-state index contributed by atoms with van der Waals surface area (Å²) in [5.74, 6) is -4.80. The molecular weight excluding hydrogens is 527 g/mol. The fourth-order valence-electron chi connectivity index (χ4n) is 4.45. The van der Waals surface area contributed by atoms with Crippen molar-refractivity contribution in [3.8, 4) is 5.75 Å². The molecule has 0 aliphatic carbocycles. The molecule has 4 aromatic carbocycles. The highest BCUT2D eigenvalue weighted by Gasteiger charge is 2.67. The van der Waals surface area contributed by atoms with Crippen LogP contribution < -0.4 is 37.6 Å². The van der Waals surface area contributed by atoms with Gasteiger partial charge >= 0.3 is 12.0 Å². The lowest BCUT2D eigenvalue weighted by atomic mass is 10.1. The highest BCUT2D eigenvalue weighted by atomic mass is 79.9. The fraction of sp³-hybridized carbons (Fsp3) is 0.111. The number of fused-ring (bicyclic) bond motifs is 1. The van der Waals surface area contributed by atoms with E-state index in [4.69, 9.17) is 0 Å². The summed E-state index contributed by atoms with van der Waals surface area (Å²) in [5, 5.41) is 3.07. The lowest BCUT2D eigenvalue weighted by Crippen LogP contribution is -3.00. The predicted molar refractivity (Wildman–Crippen MR) is 125 cm³/mol. The Morgan fingerprint density at radius 1 is 0.588 bits per heavy atom. The monoisotopic (exact) mass is 546 g/mol. The van der Waals surface area contributed by atoms with Gasteiger partial charge in [0.15, 0.2) is 0 Å². The van der Waals surface area contributed by atoms with Crippen LogP contribution in [0, 0.1) is 0 Å². The second-order valence-electron chi connectivity index (χ2n) is 7.96. The van der Waals surface area contributed by atoms with Gasteiger partial charge in [0.25, 0.3) is 0 Å². The molecule has 0 spiro atoms. The van der Waals surface area contributed by atoms with Crippen LogP contribution in [-0.4, -0.2) is 6.11 Å². The van der Waals surface area contributed by atoms with Gasteiger partial charge in [-0.15, -0.1) is 0 Å². The summed E-state index contributed by atoms with van der Waals surface area (Å²) < 4.78 is 61.8. The summed E-state index contributed by atoms with van der Waals surface area (Å²) in [6.07, 6.45) is -4.32. The van der Waals surface area contributed by atoms with Gasteiger partial charge in [0.2, 0.25) is 0 Å². The van der Waals surface area contributed by atoms with Crippen LogP contribution >= 0.6 is 7.26 Å². The fourth-order valence-corrected chi connectivity index (χ4v) is 8.70. The Morgan fingerprint density at radius 2 is 1.03 bits per heavy atom. The highest BCUT2D eigenvalue weighted by molar-refractivity contribution is 7.95. The smallest absolute Gasteiger partial charge is 0.469 e. The molecule has 0 N–H and O–H groups in total. The zero-order chi connectivity index (χ0) is 23.1. The van der Waals surface area contributed by atoms with Crippen molar-refractivity contribution in [3.63, 3.8) is 0 Å². The van der Waals surface area contributed by atoms with Crippen molar-refractivity contribution in [2.24, 2.45) is 0 Å². The Hall–Kier alpha value is -2.69. The van der Waals surface area contributed by atoms with Crippen LogP contribution in [0.25, 0.3) is 0 Å². The van der Waals surface area contributed by atoms with Gasteiger partial charge in [0.1, 0.15) is 35.1 Å². The molecule has 0 atom stereocenters. The van der Waals surface area contributed by atoms with Gasteiger partial charge < -0.3 is 21.7 Å². The summed E-state index contributed by atoms with van der Waals surface area (Å²) >= 11 is 0. The van der Waals surface area contributed by atoms with Gasteiger partial charge in [-0.2, -0.15) is 17.6 Å². The van der Waals surface area contributed by atoms with Crippen molar-refractivity contribution in [1.82, 2.24) is 0 Å². The van der Waals surface area contributed by atoms with Crippen LogP contribution in [0.15, 0.2) is 109 Å². The van der Waals surface area contributed by atoms with Crippen LogP contribution in [0.3, 0.4) is 0 Å². The molecule has 4 aromatic rings. The molecule has 0 saturated carbocycles. The quantitative estimate of drug-likeness (QED) is 0.276. The number of hydrogen-bond donors (Lipinski definition) is 0. The average molecular weight is 547 g/mol. The molecule has 7 heteroatoms. The third-order valence-electron chi connectivity index (χ3n) is 6.03. The maximum Gasteiger partial charge on any atom is 0.469 e. The zero-order valence-corrected chi connectivity index (χ0v) is 20.3. The first-order valence-corrected chi connectivity index (χ1v) is 12.5. The minimum Gasteiger partial charge on any atom is -1.00 e. The Kier molecular flexibility index (Phi) is 6.58. The summed E-state index contributed by atoms with van der Waals surface area (Å²) in [4.78, 5) is 0. The van der Waals surface area contributed by atoms with Crippen molar-refractivity contribution in [2.75, 3.05) is 0 Å². The Balaban J connectivity index is 0.00000274. The molecule has 1 aliphatic heterocycles. The molecule has 0 amide bonds. The number of para-hydroxylation sites is 1. The van der Waals surface area contributed by atoms with Gasteiger partial charge in [-0.1, -0.05) is 66.7 Å². The standard InChI is InChI=1S/C27H20F4OP.BrH/c28-26(29)24-18-10-11-20(25(24)32-27(26,30)31)19-33(21-12-4-1-5-13-21,22-14-6-2-7-15-22)23-16-8-3-9-17-23;/h1-18H,19H2;1H/q+1;/p-1. The Labute approximate surface area is 206 Å². The third-order valence-corrected chi connectivity index (χ3v) is 10.4. The second-order valence-corrected chi connectivity index (χ2v) is 11.4. The normalized spacial score (nSPS) is 15.6.